The first-order valence-electron chi connectivity index (χ1n) is 2.72. The van der Waals surface area contributed by atoms with Gasteiger partial charge < -0.3 is 13.3 Å². The summed E-state index contributed by atoms with van der Waals surface area (Å²) in [5.41, 5.74) is 0. The van der Waals surface area contributed by atoms with Crippen LogP contribution in [0, 0.1) is 19.3 Å². The Balaban J connectivity index is -0.0000000233. The third-order valence-electron chi connectivity index (χ3n) is 0. The Kier molecular flexibility index (Phi) is 56.1. The van der Waals surface area contributed by atoms with Crippen LogP contribution in [-0.2, 0) is 65.4 Å². The fourth-order valence-corrected chi connectivity index (χ4v) is 0. The number of rotatable bonds is 0. The summed E-state index contributed by atoms with van der Waals surface area (Å²) in [6.07, 6.45) is 2.00. The monoisotopic (exact) mass is 278 g/mol. The summed E-state index contributed by atoms with van der Waals surface area (Å²) < 4.78 is 0. The Morgan fingerprint density at radius 1 is 1.11 bits per heavy atom. The SMILES string of the molecule is C[CH-]C.[CH2-]C(C)C.[Y].[Y]. The first kappa shape index (κ1) is 22.5. The molecule has 0 nitrogen and oxygen atoms in total. The minimum atomic E-state index is 0. The summed E-state index contributed by atoms with van der Waals surface area (Å²) in [7, 11) is 0. The maximum absolute atomic E-state index is 3.64. The van der Waals surface area contributed by atoms with Crippen LogP contribution in [0.2, 0.25) is 0 Å². The predicted octanol–water partition coefficient (Wildman–Crippen LogP) is 2.70. The molecule has 0 N–H and O–H groups in total. The topological polar surface area (TPSA) is 0 Å². The van der Waals surface area contributed by atoms with Gasteiger partial charge in [-0.05, 0) is 0 Å². The van der Waals surface area contributed by atoms with Gasteiger partial charge in [-0.25, -0.2) is 0 Å². The molecule has 0 aromatic rings. The average molecular weight is 278 g/mol. The third-order valence-corrected chi connectivity index (χ3v) is 0. The molecule has 0 spiro atoms. The molecule has 52 valence electrons. The van der Waals surface area contributed by atoms with Gasteiger partial charge in [-0.15, -0.1) is 0 Å². The van der Waals surface area contributed by atoms with Gasteiger partial charge in [-0.1, -0.05) is 13.8 Å². The summed E-state index contributed by atoms with van der Waals surface area (Å²) in [5.74, 6) is 0.583. The van der Waals surface area contributed by atoms with Gasteiger partial charge in [0, 0.05) is 65.4 Å². The first-order chi connectivity index (χ1) is 3.15. The van der Waals surface area contributed by atoms with Crippen LogP contribution >= 0.6 is 0 Å². The molecule has 0 aliphatic carbocycles. The maximum atomic E-state index is 3.64. The molecule has 0 atom stereocenters. The van der Waals surface area contributed by atoms with Crippen molar-refractivity contribution in [3.8, 4) is 0 Å². The first-order valence-corrected chi connectivity index (χ1v) is 2.72. The van der Waals surface area contributed by atoms with Crippen LogP contribution in [0.25, 0.3) is 0 Å². The molecule has 0 saturated carbocycles. The molecule has 0 heterocycles. The molecule has 9 heavy (non-hydrogen) atoms. The second-order valence-electron chi connectivity index (χ2n) is 1.97. The van der Waals surface area contributed by atoms with Crippen LogP contribution in [0.5, 0.6) is 0 Å². The summed E-state index contributed by atoms with van der Waals surface area (Å²) in [6, 6.07) is 0. The van der Waals surface area contributed by atoms with E-state index in [4.69, 9.17) is 0 Å². The van der Waals surface area contributed by atoms with Crippen molar-refractivity contribution in [3.63, 3.8) is 0 Å². The summed E-state index contributed by atoms with van der Waals surface area (Å²) in [5, 5.41) is 0. The normalized spacial score (nSPS) is 6.00. The molecule has 0 fully saturated rings. The Labute approximate surface area is 111 Å². The Morgan fingerprint density at radius 2 is 1.11 bits per heavy atom. The molecule has 0 bridgehead atoms. The Bertz CT molecular complexity index is 18.1. The second-order valence-corrected chi connectivity index (χ2v) is 1.97. The quantitative estimate of drug-likeness (QED) is 0.598. The van der Waals surface area contributed by atoms with Gasteiger partial charge in [0.05, 0.1) is 0 Å². The molecule has 0 unspecified atom stereocenters. The van der Waals surface area contributed by atoms with Crippen molar-refractivity contribution >= 4 is 0 Å². The van der Waals surface area contributed by atoms with Crippen LogP contribution in [0.15, 0.2) is 0 Å². The van der Waals surface area contributed by atoms with E-state index in [-0.39, 0.29) is 65.4 Å². The van der Waals surface area contributed by atoms with E-state index in [1.165, 1.54) is 0 Å². The standard InChI is InChI=1S/C4H9.C3H7.2Y/c1-4(2)3;1-3-2;;/h4H,1H2,2-3H3;3H,1-2H3;;/q2*-1;;. The van der Waals surface area contributed by atoms with Crippen molar-refractivity contribution < 1.29 is 65.4 Å². The van der Waals surface area contributed by atoms with E-state index in [0.717, 1.165) is 0 Å². The zero-order chi connectivity index (χ0) is 6.28. The van der Waals surface area contributed by atoms with E-state index in [9.17, 15) is 0 Å². The summed E-state index contributed by atoms with van der Waals surface area (Å²) in [6.45, 7) is 11.8. The van der Waals surface area contributed by atoms with Crippen LogP contribution < -0.4 is 0 Å². The van der Waals surface area contributed by atoms with E-state index in [1.807, 2.05) is 20.3 Å². The molecule has 0 amide bonds. The van der Waals surface area contributed by atoms with Crippen LogP contribution in [0.3, 0.4) is 0 Å². The van der Waals surface area contributed by atoms with Crippen molar-refractivity contribution in [3.05, 3.63) is 13.3 Å². The number of hydrogen-bond donors (Lipinski definition) is 0. The molecule has 0 aromatic carbocycles. The third kappa shape index (κ3) is 141. The molecular formula is C7H16Y2-2. The van der Waals surface area contributed by atoms with Gasteiger partial charge >= 0.3 is 0 Å². The zero-order valence-corrected chi connectivity index (χ0v) is 12.7. The van der Waals surface area contributed by atoms with Gasteiger partial charge in [0.25, 0.3) is 0 Å². The van der Waals surface area contributed by atoms with E-state index in [1.54, 1.807) is 0 Å². The van der Waals surface area contributed by atoms with Crippen molar-refractivity contribution in [1.82, 2.24) is 0 Å². The Morgan fingerprint density at radius 3 is 1.11 bits per heavy atom. The molecule has 0 aliphatic heterocycles. The average Bonchev–Trinajstić information content (AvgIpc) is 1.33. The fraction of sp³-hybridized carbons (Fsp3) is 0.714. The molecule has 0 aromatic heterocycles. The second kappa shape index (κ2) is 22.5. The smallest absolute Gasteiger partial charge is 0 e. The van der Waals surface area contributed by atoms with Crippen molar-refractivity contribution in [2.45, 2.75) is 27.7 Å². The molecule has 0 rings (SSSR count). The van der Waals surface area contributed by atoms with Gasteiger partial charge in [0.1, 0.15) is 0 Å². The number of hydrogen-bond acceptors (Lipinski definition) is 0. The van der Waals surface area contributed by atoms with E-state index in [0.29, 0.717) is 5.92 Å². The van der Waals surface area contributed by atoms with Crippen molar-refractivity contribution in [1.29, 1.82) is 0 Å². The minimum absolute atomic E-state index is 0. The predicted molar refractivity (Wildman–Crippen MR) is 35.8 cm³/mol. The summed E-state index contributed by atoms with van der Waals surface area (Å²) in [4.78, 5) is 0. The van der Waals surface area contributed by atoms with Gasteiger partial charge in [0.15, 0.2) is 0 Å². The molecule has 0 aliphatic rings. The van der Waals surface area contributed by atoms with Crippen LogP contribution in [-0.4, -0.2) is 0 Å². The molecule has 2 radical (unpaired) electrons. The zero-order valence-electron chi connectivity index (χ0n) is 7.02. The van der Waals surface area contributed by atoms with Crippen LogP contribution in [0.1, 0.15) is 27.7 Å². The van der Waals surface area contributed by atoms with Crippen LogP contribution in [0.4, 0.5) is 0 Å². The van der Waals surface area contributed by atoms with E-state index in [2.05, 4.69) is 20.8 Å². The van der Waals surface area contributed by atoms with E-state index < -0.39 is 0 Å². The molecular weight excluding hydrogens is 262 g/mol. The maximum Gasteiger partial charge on any atom is 0 e. The summed E-state index contributed by atoms with van der Waals surface area (Å²) >= 11 is 0. The van der Waals surface area contributed by atoms with Crippen molar-refractivity contribution in [2.24, 2.45) is 5.92 Å². The molecule has 2 heteroatoms. The van der Waals surface area contributed by atoms with Crippen molar-refractivity contribution in [2.75, 3.05) is 0 Å². The van der Waals surface area contributed by atoms with Gasteiger partial charge in [0.2, 0.25) is 0 Å². The largest absolute Gasteiger partial charge is 0.341 e. The molecule has 0 saturated heterocycles. The minimum Gasteiger partial charge on any atom is -0.341 e. The van der Waals surface area contributed by atoms with E-state index >= 15 is 0 Å². The van der Waals surface area contributed by atoms with Gasteiger partial charge in [-0.3, -0.25) is 0 Å². The fourth-order valence-electron chi connectivity index (χ4n) is 0. The Hall–Kier alpha value is 2.21. The van der Waals surface area contributed by atoms with Gasteiger partial charge in [-0.2, -0.15) is 19.8 Å².